The number of urea groups is 1. The molecule has 7 heteroatoms. The largest absolute Gasteiger partial charge is 0.352 e. The third-order valence-corrected chi connectivity index (χ3v) is 4.39. The van der Waals surface area contributed by atoms with Crippen molar-refractivity contribution < 1.29 is 9.59 Å². The van der Waals surface area contributed by atoms with Gasteiger partial charge in [-0.15, -0.1) is 11.3 Å². The van der Waals surface area contributed by atoms with Crippen molar-refractivity contribution in [1.82, 2.24) is 20.9 Å². The molecular weight excluding hydrogens is 300 g/mol. The molecule has 1 atom stereocenters. The van der Waals surface area contributed by atoms with Crippen LogP contribution in [0.5, 0.6) is 0 Å². The molecule has 1 fully saturated rings. The van der Waals surface area contributed by atoms with E-state index >= 15 is 0 Å². The van der Waals surface area contributed by atoms with Gasteiger partial charge in [0.25, 0.3) is 0 Å². The van der Waals surface area contributed by atoms with Gasteiger partial charge in [-0.2, -0.15) is 0 Å². The molecular formula is C15H24N4O2S. The number of aromatic nitrogens is 1. The fourth-order valence-corrected chi connectivity index (χ4v) is 2.86. The van der Waals surface area contributed by atoms with Gasteiger partial charge in [-0.3, -0.25) is 4.79 Å². The number of carbonyl (C=O) groups excluding carboxylic acids is 2. The van der Waals surface area contributed by atoms with E-state index in [1.807, 2.05) is 12.3 Å². The van der Waals surface area contributed by atoms with Crippen molar-refractivity contribution in [1.29, 1.82) is 0 Å². The Morgan fingerprint density at radius 3 is 2.64 bits per heavy atom. The first-order chi connectivity index (χ1) is 10.3. The molecule has 1 heterocycles. The van der Waals surface area contributed by atoms with Crippen molar-refractivity contribution in [3.05, 3.63) is 16.1 Å². The summed E-state index contributed by atoms with van der Waals surface area (Å²) in [6.45, 7) is 8.20. The summed E-state index contributed by atoms with van der Waals surface area (Å²) in [4.78, 5) is 27.9. The van der Waals surface area contributed by atoms with Gasteiger partial charge in [0.2, 0.25) is 5.91 Å². The molecule has 3 amide bonds. The van der Waals surface area contributed by atoms with Crippen molar-refractivity contribution in [3.63, 3.8) is 0 Å². The highest BCUT2D eigenvalue weighted by Crippen LogP contribution is 2.26. The lowest BCUT2D eigenvalue weighted by Crippen LogP contribution is -2.43. The number of rotatable bonds is 5. The van der Waals surface area contributed by atoms with E-state index in [9.17, 15) is 9.59 Å². The summed E-state index contributed by atoms with van der Waals surface area (Å²) in [6.07, 6.45) is 2.07. The molecule has 1 aromatic heterocycles. The molecule has 0 aliphatic heterocycles. The van der Waals surface area contributed by atoms with E-state index in [0.717, 1.165) is 23.5 Å². The molecule has 0 unspecified atom stereocenters. The van der Waals surface area contributed by atoms with Crippen LogP contribution in [0, 0.1) is 0 Å². The number of carbonyl (C=O) groups is 2. The Morgan fingerprint density at radius 1 is 1.41 bits per heavy atom. The monoisotopic (exact) mass is 324 g/mol. The minimum Gasteiger partial charge on any atom is -0.352 e. The van der Waals surface area contributed by atoms with E-state index in [4.69, 9.17) is 0 Å². The Balaban J connectivity index is 1.77. The Bertz CT molecular complexity index is 546. The zero-order chi connectivity index (χ0) is 16.3. The first-order valence-electron chi connectivity index (χ1n) is 7.55. The predicted octanol–water partition coefficient (Wildman–Crippen LogP) is 2.08. The summed E-state index contributed by atoms with van der Waals surface area (Å²) in [5.41, 5.74) is 1.02. The van der Waals surface area contributed by atoms with Crippen LogP contribution in [-0.2, 0) is 10.2 Å². The number of nitrogens with zero attached hydrogens (tertiary/aromatic N) is 1. The van der Waals surface area contributed by atoms with E-state index in [1.54, 1.807) is 0 Å². The smallest absolute Gasteiger partial charge is 0.315 e. The molecule has 0 spiro atoms. The third kappa shape index (κ3) is 4.98. The van der Waals surface area contributed by atoms with E-state index in [0.29, 0.717) is 6.04 Å². The minimum absolute atomic E-state index is 0.000162. The van der Waals surface area contributed by atoms with E-state index in [2.05, 4.69) is 41.7 Å². The number of hydrogen-bond acceptors (Lipinski definition) is 4. The normalized spacial score (nSPS) is 16.0. The minimum atomic E-state index is -0.356. The molecule has 122 valence electrons. The molecule has 22 heavy (non-hydrogen) atoms. The molecule has 0 radical (unpaired) electrons. The fourth-order valence-electron chi connectivity index (χ4n) is 1.81. The van der Waals surface area contributed by atoms with Gasteiger partial charge >= 0.3 is 6.03 Å². The van der Waals surface area contributed by atoms with Crippen molar-refractivity contribution in [3.8, 4) is 0 Å². The Morgan fingerprint density at radius 2 is 2.09 bits per heavy atom. The number of amides is 3. The van der Waals surface area contributed by atoms with Crippen molar-refractivity contribution in [2.75, 3.05) is 6.54 Å². The summed E-state index contributed by atoms with van der Waals surface area (Å²) in [6, 6.07) is -0.235. The van der Waals surface area contributed by atoms with Gasteiger partial charge in [0.15, 0.2) is 0 Å². The molecule has 1 aliphatic rings. The topological polar surface area (TPSA) is 83.1 Å². The van der Waals surface area contributed by atoms with Crippen molar-refractivity contribution in [2.24, 2.45) is 0 Å². The lowest BCUT2D eigenvalue weighted by Gasteiger charge is -2.15. The van der Waals surface area contributed by atoms with E-state index < -0.39 is 0 Å². The average Bonchev–Trinajstić information content (AvgIpc) is 3.06. The van der Waals surface area contributed by atoms with Gasteiger partial charge < -0.3 is 16.0 Å². The van der Waals surface area contributed by atoms with Gasteiger partial charge in [0.1, 0.15) is 5.01 Å². The van der Waals surface area contributed by atoms with Crippen LogP contribution in [0.1, 0.15) is 57.3 Å². The summed E-state index contributed by atoms with van der Waals surface area (Å²) in [7, 11) is 0. The molecule has 0 bridgehead atoms. The highest BCUT2D eigenvalue weighted by molar-refractivity contribution is 7.09. The van der Waals surface area contributed by atoms with Gasteiger partial charge in [-0.25, -0.2) is 9.78 Å². The molecule has 3 N–H and O–H groups in total. The SMILES string of the molecule is C[C@@H](NC(=O)NCC(=O)NC1CC1)c1nc(C(C)(C)C)cs1. The van der Waals surface area contributed by atoms with E-state index in [-0.39, 0.29) is 29.9 Å². The standard InChI is InChI=1S/C15H24N4O2S/c1-9(13-19-11(8-22-13)15(2,3)4)17-14(21)16-7-12(20)18-10-5-6-10/h8-10H,5-7H2,1-4H3,(H,18,20)(H2,16,17,21)/t9-/m1/s1. The third-order valence-electron chi connectivity index (χ3n) is 3.36. The summed E-state index contributed by atoms with van der Waals surface area (Å²) in [5.74, 6) is -0.144. The van der Waals surface area contributed by atoms with Crippen LogP contribution < -0.4 is 16.0 Å². The second-order valence-electron chi connectivity index (χ2n) is 6.71. The number of thiazole rings is 1. The maximum Gasteiger partial charge on any atom is 0.315 e. The summed E-state index contributed by atoms with van der Waals surface area (Å²) < 4.78 is 0. The van der Waals surface area contributed by atoms with Crippen molar-refractivity contribution >= 4 is 23.3 Å². The molecule has 1 aromatic rings. The highest BCUT2D eigenvalue weighted by Gasteiger charge is 2.23. The maximum absolute atomic E-state index is 11.8. The molecule has 0 aromatic carbocycles. The van der Waals surface area contributed by atoms with Crippen molar-refractivity contribution in [2.45, 2.75) is 58.0 Å². The number of nitrogens with one attached hydrogen (secondary N) is 3. The average molecular weight is 324 g/mol. The second kappa shape index (κ2) is 6.64. The lowest BCUT2D eigenvalue weighted by atomic mass is 9.93. The van der Waals surface area contributed by atoms with Crippen LogP contribution in [0.4, 0.5) is 4.79 Å². The molecule has 1 aliphatic carbocycles. The van der Waals surface area contributed by atoms with Gasteiger partial charge in [0, 0.05) is 16.8 Å². The van der Waals surface area contributed by atoms with Crippen LogP contribution in [0.3, 0.4) is 0 Å². The Labute approximate surface area is 135 Å². The molecule has 6 nitrogen and oxygen atoms in total. The molecule has 2 rings (SSSR count). The summed E-state index contributed by atoms with van der Waals surface area (Å²) >= 11 is 1.53. The zero-order valence-corrected chi connectivity index (χ0v) is 14.3. The Hall–Kier alpha value is -1.63. The van der Waals surface area contributed by atoms with Crippen LogP contribution in [0.25, 0.3) is 0 Å². The van der Waals surface area contributed by atoms with Crippen LogP contribution >= 0.6 is 11.3 Å². The van der Waals surface area contributed by atoms with Crippen LogP contribution in [0.15, 0.2) is 5.38 Å². The zero-order valence-electron chi connectivity index (χ0n) is 13.5. The highest BCUT2D eigenvalue weighted by atomic mass is 32.1. The van der Waals surface area contributed by atoms with Gasteiger partial charge in [0.05, 0.1) is 18.3 Å². The first kappa shape index (κ1) is 16.7. The van der Waals surface area contributed by atoms with E-state index in [1.165, 1.54) is 11.3 Å². The maximum atomic E-state index is 11.8. The Kier molecular flexibility index (Phi) is 5.05. The molecule has 1 saturated carbocycles. The quantitative estimate of drug-likeness (QED) is 0.775. The van der Waals surface area contributed by atoms with Crippen LogP contribution in [0.2, 0.25) is 0 Å². The van der Waals surface area contributed by atoms with Gasteiger partial charge in [-0.1, -0.05) is 20.8 Å². The second-order valence-corrected chi connectivity index (χ2v) is 7.60. The predicted molar refractivity (Wildman–Crippen MR) is 86.9 cm³/mol. The molecule has 0 saturated heterocycles. The lowest BCUT2D eigenvalue weighted by molar-refractivity contribution is -0.120. The number of hydrogen-bond donors (Lipinski definition) is 3. The fraction of sp³-hybridized carbons (Fsp3) is 0.667. The first-order valence-corrected chi connectivity index (χ1v) is 8.43. The van der Waals surface area contributed by atoms with Crippen LogP contribution in [-0.4, -0.2) is 29.5 Å². The van der Waals surface area contributed by atoms with Gasteiger partial charge in [-0.05, 0) is 19.8 Å². The summed E-state index contributed by atoms with van der Waals surface area (Å²) in [5, 5.41) is 11.1.